The van der Waals surface area contributed by atoms with Gasteiger partial charge in [0.15, 0.2) is 0 Å². The Morgan fingerprint density at radius 2 is 1.81 bits per heavy atom. The van der Waals surface area contributed by atoms with Crippen LogP contribution in [0, 0.1) is 0 Å². The molecule has 2 N–H and O–H groups in total. The van der Waals surface area contributed by atoms with Gasteiger partial charge in [0.2, 0.25) is 0 Å². The lowest BCUT2D eigenvalue weighted by atomic mass is 10.0. The molecule has 3 rings (SSSR count). The van der Waals surface area contributed by atoms with E-state index in [4.69, 9.17) is 4.74 Å². The third-order valence-corrected chi connectivity index (χ3v) is 4.28. The number of carbonyl (C=O) groups is 1. The van der Waals surface area contributed by atoms with Gasteiger partial charge in [-0.25, -0.2) is 4.79 Å². The van der Waals surface area contributed by atoms with Crippen molar-refractivity contribution in [2.24, 2.45) is 0 Å². The molecule has 0 saturated heterocycles. The fourth-order valence-corrected chi connectivity index (χ4v) is 3.20. The van der Waals surface area contributed by atoms with E-state index < -0.39 is 5.97 Å². The standard InChI is InChI=1S/C20H22N2O4/c1-2-26-20(25)17-13-21-18-15-6-4-3-5-14(15)7-8-16(18)19(17)22(9-11-23)10-12-24/h3-8,13,23-24H,2,9-12H2,1H3. The number of aromatic nitrogens is 1. The molecule has 0 aliphatic rings. The average molecular weight is 354 g/mol. The molecule has 136 valence electrons. The molecule has 0 aliphatic carbocycles. The molecular formula is C20H22N2O4. The number of pyridine rings is 1. The third kappa shape index (κ3) is 3.34. The minimum atomic E-state index is -0.467. The number of rotatable bonds is 7. The molecule has 0 unspecified atom stereocenters. The van der Waals surface area contributed by atoms with E-state index in [9.17, 15) is 15.0 Å². The number of anilines is 1. The zero-order valence-electron chi connectivity index (χ0n) is 14.7. The summed E-state index contributed by atoms with van der Waals surface area (Å²) in [6.45, 7) is 2.39. The van der Waals surface area contributed by atoms with Gasteiger partial charge >= 0.3 is 5.97 Å². The summed E-state index contributed by atoms with van der Waals surface area (Å²) in [5.74, 6) is -0.467. The van der Waals surface area contributed by atoms with Crippen LogP contribution in [-0.4, -0.2) is 54.1 Å². The van der Waals surface area contributed by atoms with Crippen LogP contribution < -0.4 is 4.90 Å². The van der Waals surface area contributed by atoms with Gasteiger partial charge < -0.3 is 19.8 Å². The zero-order chi connectivity index (χ0) is 18.5. The molecule has 0 aliphatic heterocycles. The monoisotopic (exact) mass is 354 g/mol. The minimum Gasteiger partial charge on any atom is -0.462 e. The van der Waals surface area contributed by atoms with Crippen LogP contribution in [0.5, 0.6) is 0 Å². The first-order valence-electron chi connectivity index (χ1n) is 8.65. The van der Waals surface area contributed by atoms with Crippen molar-refractivity contribution >= 4 is 33.3 Å². The van der Waals surface area contributed by atoms with Crippen molar-refractivity contribution < 1.29 is 19.7 Å². The number of fused-ring (bicyclic) bond motifs is 3. The van der Waals surface area contributed by atoms with Gasteiger partial charge in [-0.05, 0) is 12.3 Å². The number of benzene rings is 2. The maximum Gasteiger partial charge on any atom is 0.341 e. The molecule has 1 aromatic heterocycles. The van der Waals surface area contributed by atoms with Crippen LogP contribution in [0.4, 0.5) is 5.69 Å². The van der Waals surface area contributed by atoms with Crippen molar-refractivity contribution in [3.05, 3.63) is 48.2 Å². The number of carbonyl (C=O) groups excluding carboxylic acids is 1. The van der Waals surface area contributed by atoms with E-state index in [1.54, 1.807) is 11.8 Å². The van der Waals surface area contributed by atoms with E-state index >= 15 is 0 Å². The Labute approximate surface area is 151 Å². The number of hydrogen-bond acceptors (Lipinski definition) is 6. The van der Waals surface area contributed by atoms with Crippen molar-refractivity contribution in [1.29, 1.82) is 0 Å². The SMILES string of the molecule is CCOC(=O)c1cnc2c(ccc3ccccc32)c1N(CCO)CCO. The van der Waals surface area contributed by atoms with Gasteiger partial charge in [-0.15, -0.1) is 0 Å². The highest BCUT2D eigenvalue weighted by Crippen LogP contribution is 2.34. The van der Waals surface area contributed by atoms with Gasteiger partial charge in [-0.3, -0.25) is 4.98 Å². The van der Waals surface area contributed by atoms with Crippen LogP contribution >= 0.6 is 0 Å². The molecule has 0 fully saturated rings. The largest absolute Gasteiger partial charge is 0.462 e. The molecule has 0 saturated carbocycles. The molecule has 6 heteroatoms. The Kier molecular flexibility index (Phi) is 5.65. The van der Waals surface area contributed by atoms with Crippen molar-refractivity contribution in [2.75, 3.05) is 37.8 Å². The predicted molar refractivity (Wildman–Crippen MR) is 102 cm³/mol. The van der Waals surface area contributed by atoms with E-state index in [0.717, 1.165) is 21.7 Å². The van der Waals surface area contributed by atoms with Crippen LogP contribution in [-0.2, 0) is 4.74 Å². The summed E-state index contributed by atoms with van der Waals surface area (Å²) in [7, 11) is 0. The van der Waals surface area contributed by atoms with Crippen molar-refractivity contribution in [2.45, 2.75) is 6.92 Å². The minimum absolute atomic E-state index is 0.0976. The van der Waals surface area contributed by atoms with E-state index in [1.165, 1.54) is 6.20 Å². The maximum atomic E-state index is 12.5. The highest BCUT2D eigenvalue weighted by atomic mass is 16.5. The van der Waals surface area contributed by atoms with Gasteiger partial charge in [0, 0.05) is 30.1 Å². The number of esters is 1. The lowest BCUT2D eigenvalue weighted by Crippen LogP contribution is -2.31. The molecule has 26 heavy (non-hydrogen) atoms. The molecule has 0 bridgehead atoms. The summed E-state index contributed by atoms with van der Waals surface area (Å²) in [6.07, 6.45) is 1.52. The fraction of sp³-hybridized carbons (Fsp3) is 0.300. The average Bonchev–Trinajstić information content (AvgIpc) is 2.67. The van der Waals surface area contributed by atoms with Crippen LogP contribution in [0.2, 0.25) is 0 Å². The Morgan fingerprint density at radius 3 is 2.50 bits per heavy atom. The van der Waals surface area contributed by atoms with Crippen LogP contribution in [0.15, 0.2) is 42.6 Å². The van der Waals surface area contributed by atoms with Crippen molar-refractivity contribution in [3.63, 3.8) is 0 Å². The van der Waals surface area contributed by atoms with E-state index in [-0.39, 0.29) is 19.8 Å². The lowest BCUT2D eigenvalue weighted by molar-refractivity contribution is 0.0526. The highest BCUT2D eigenvalue weighted by Gasteiger charge is 2.22. The Bertz CT molecular complexity index is 920. The summed E-state index contributed by atoms with van der Waals surface area (Å²) < 4.78 is 5.18. The summed E-state index contributed by atoms with van der Waals surface area (Å²) in [4.78, 5) is 18.8. The van der Waals surface area contributed by atoms with Crippen LogP contribution in [0.25, 0.3) is 21.7 Å². The zero-order valence-corrected chi connectivity index (χ0v) is 14.7. The third-order valence-electron chi connectivity index (χ3n) is 4.28. The number of ether oxygens (including phenoxy) is 1. The molecule has 6 nitrogen and oxygen atoms in total. The van der Waals surface area contributed by atoms with E-state index in [0.29, 0.717) is 24.3 Å². The Morgan fingerprint density at radius 1 is 1.08 bits per heavy atom. The molecule has 0 atom stereocenters. The molecule has 0 radical (unpaired) electrons. The summed E-state index contributed by atoms with van der Waals surface area (Å²) in [6, 6.07) is 11.8. The summed E-state index contributed by atoms with van der Waals surface area (Å²) in [5, 5.41) is 21.7. The molecular weight excluding hydrogens is 332 g/mol. The van der Waals surface area contributed by atoms with Gasteiger partial charge in [0.1, 0.15) is 5.56 Å². The molecule has 3 aromatic rings. The van der Waals surface area contributed by atoms with E-state index in [2.05, 4.69) is 4.98 Å². The van der Waals surface area contributed by atoms with Gasteiger partial charge in [-0.2, -0.15) is 0 Å². The maximum absolute atomic E-state index is 12.5. The number of hydrogen-bond donors (Lipinski definition) is 2. The number of aliphatic hydroxyl groups excluding tert-OH is 2. The number of nitrogens with zero attached hydrogens (tertiary/aromatic N) is 2. The molecule has 1 heterocycles. The fourth-order valence-electron chi connectivity index (χ4n) is 3.20. The Balaban J connectivity index is 2.31. The first-order chi connectivity index (χ1) is 12.7. The summed E-state index contributed by atoms with van der Waals surface area (Å²) >= 11 is 0. The molecule has 0 spiro atoms. The lowest BCUT2D eigenvalue weighted by Gasteiger charge is -2.26. The normalized spacial score (nSPS) is 11.0. The second-order valence-corrected chi connectivity index (χ2v) is 5.86. The van der Waals surface area contributed by atoms with Gasteiger partial charge in [0.25, 0.3) is 0 Å². The van der Waals surface area contributed by atoms with Crippen molar-refractivity contribution in [1.82, 2.24) is 4.98 Å². The summed E-state index contributed by atoms with van der Waals surface area (Å²) in [5.41, 5.74) is 1.73. The van der Waals surface area contributed by atoms with Gasteiger partial charge in [0.05, 0.1) is 31.0 Å². The highest BCUT2D eigenvalue weighted by molar-refractivity contribution is 6.13. The smallest absolute Gasteiger partial charge is 0.341 e. The van der Waals surface area contributed by atoms with E-state index in [1.807, 2.05) is 36.4 Å². The topological polar surface area (TPSA) is 82.9 Å². The second kappa shape index (κ2) is 8.12. The van der Waals surface area contributed by atoms with Crippen LogP contribution in [0.1, 0.15) is 17.3 Å². The van der Waals surface area contributed by atoms with Crippen LogP contribution in [0.3, 0.4) is 0 Å². The predicted octanol–water partition coefficient (Wildman–Crippen LogP) is 2.36. The van der Waals surface area contributed by atoms with Crippen molar-refractivity contribution in [3.8, 4) is 0 Å². The first kappa shape index (κ1) is 18.1. The Hall–Kier alpha value is -2.70. The second-order valence-electron chi connectivity index (χ2n) is 5.86. The first-order valence-corrected chi connectivity index (χ1v) is 8.65. The quantitative estimate of drug-likeness (QED) is 0.501. The molecule has 0 amide bonds. The van der Waals surface area contributed by atoms with Gasteiger partial charge in [-0.1, -0.05) is 36.4 Å². The molecule has 2 aromatic carbocycles. The number of aliphatic hydroxyl groups is 2.